The summed E-state index contributed by atoms with van der Waals surface area (Å²) in [6, 6.07) is 9.42. The molecule has 1 aliphatic heterocycles. The number of nitrogens with zero attached hydrogens (tertiary/aromatic N) is 5. The molecule has 1 unspecified atom stereocenters. The van der Waals surface area contributed by atoms with Gasteiger partial charge in [-0.05, 0) is 65.7 Å². The van der Waals surface area contributed by atoms with Gasteiger partial charge in [-0.3, -0.25) is 14.9 Å². The lowest BCUT2D eigenvalue weighted by atomic mass is 10.0. The molecule has 2 atom stereocenters. The molecule has 15 heteroatoms. The zero-order valence-corrected chi connectivity index (χ0v) is 23.0. The molecule has 2 bridgehead atoms. The minimum absolute atomic E-state index is 0.164. The number of aromatic nitrogens is 6. The summed E-state index contributed by atoms with van der Waals surface area (Å²) in [7, 11) is 1.24. The summed E-state index contributed by atoms with van der Waals surface area (Å²) < 4.78 is 6.09. The fraction of sp³-hybridized carbons (Fsp3) is 0.222. The quantitative estimate of drug-likeness (QED) is 0.217. The number of ether oxygens (including phenoxy) is 1. The van der Waals surface area contributed by atoms with Gasteiger partial charge in [0.1, 0.15) is 12.2 Å². The zero-order valence-electron chi connectivity index (χ0n) is 22.2. The Morgan fingerprint density at radius 2 is 2.07 bits per heavy atom. The van der Waals surface area contributed by atoms with Gasteiger partial charge in [0, 0.05) is 27.9 Å². The molecule has 0 saturated heterocycles. The van der Waals surface area contributed by atoms with E-state index in [1.807, 2.05) is 0 Å². The number of halogens is 1. The first-order valence-electron chi connectivity index (χ1n) is 12.8. The molecule has 216 valence electrons. The van der Waals surface area contributed by atoms with Crippen LogP contribution in [0.5, 0.6) is 0 Å². The maximum absolute atomic E-state index is 13.1. The first-order valence-corrected chi connectivity index (χ1v) is 13.2. The fourth-order valence-electron chi connectivity index (χ4n) is 4.46. The number of rotatable bonds is 5. The van der Waals surface area contributed by atoms with E-state index >= 15 is 0 Å². The van der Waals surface area contributed by atoms with Crippen LogP contribution in [0, 0.1) is 0 Å². The summed E-state index contributed by atoms with van der Waals surface area (Å²) >= 11 is 6.18. The maximum Gasteiger partial charge on any atom is 0.411 e. The summed E-state index contributed by atoms with van der Waals surface area (Å²) in [5.41, 5.74) is 3.19. The Labute approximate surface area is 244 Å². The number of benzene rings is 2. The smallest absolute Gasteiger partial charge is 0.411 e. The van der Waals surface area contributed by atoms with Gasteiger partial charge in [0.15, 0.2) is 0 Å². The van der Waals surface area contributed by atoms with Crippen LogP contribution in [0.4, 0.5) is 16.2 Å². The van der Waals surface area contributed by atoms with E-state index < -0.39 is 30.1 Å². The largest absolute Gasteiger partial charge is 0.453 e. The predicted octanol–water partition coefficient (Wildman–Crippen LogP) is 3.24. The minimum Gasteiger partial charge on any atom is -0.453 e. The molecule has 0 radical (unpaired) electrons. The maximum atomic E-state index is 13.1. The molecular weight excluding hydrogens is 566 g/mol. The first-order chi connectivity index (χ1) is 20.3. The second kappa shape index (κ2) is 12.6. The number of carbonyl (C=O) groups is 3. The van der Waals surface area contributed by atoms with E-state index in [9.17, 15) is 19.5 Å². The monoisotopic (exact) mass is 591 g/mol. The molecule has 4 aromatic rings. The molecular formula is C27H26ClN9O5. The third kappa shape index (κ3) is 6.79. The summed E-state index contributed by atoms with van der Waals surface area (Å²) in [6.07, 6.45) is 4.69. The summed E-state index contributed by atoms with van der Waals surface area (Å²) in [4.78, 5) is 45.2. The number of hydrogen-bond acceptors (Lipinski definition) is 9. The van der Waals surface area contributed by atoms with Crippen molar-refractivity contribution in [3.63, 3.8) is 0 Å². The van der Waals surface area contributed by atoms with Gasteiger partial charge in [0.05, 0.1) is 48.9 Å². The van der Waals surface area contributed by atoms with Crippen LogP contribution in [0.2, 0.25) is 5.02 Å². The summed E-state index contributed by atoms with van der Waals surface area (Å²) in [5, 5.41) is 30.5. The number of fused-ring (bicyclic) bond motifs is 4. The molecule has 2 aromatic carbocycles. The number of amides is 3. The Bertz CT molecular complexity index is 1640. The van der Waals surface area contributed by atoms with E-state index in [1.54, 1.807) is 48.7 Å². The van der Waals surface area contributed by atoms with Crippen molar-refractivity contribution in [1.29, 1.82) is 0 Å². The number of aliphatic hydroxyl groups is 1. The molecule has 0 fully saturated rings. The standard InChI is InChI=1S/C27H26ClN9O5/c1-42-27(41)31-17-4-6-19-21(11-17)33-25(40)12-18(38)5-7-20(26-29-13-22(19)34-26)32-24(39)9-2-15-10-16(28)3-8-23(15)37-14-30-35-36-37/h2-4,6,8-11,13-14,18,20,38H,5,7,12H2,1H3,(H,29,34)(H,31,41)(H,32,39)(H,33,40)/b9-2+/t18-,20?/m0/s1. The average Bonchev–Trinajstić information content (AvgIpc) is 3.67. The molecule has 0 spiro atoms. The van der Waals surface area contributed by atoms with Crippen LogP contribution in [0.15, 0.2) is 55.0 Å². The number of imidazole rings is 1. The minimum atomic E-state index is -0.973. The SMILES string of the molecule is COC(=O)Nc1ccc2c(c1)NC(=O)C[C@@H](O)CCC(NC(=O)/C=C/c1cc(Cl)ccc1-n1cnnn1)c1ncc-2[nH]1. The van der Waals surface area contributed by atoms with Gasteiger partial charge in [-0.15, -0.1) is 5.10 Å². The third-order valence-corrected chi connectivity index (χ3v) is 6.70. The number of H-pyrrole nitrogens is 1. The Balaban J connectivity index is 1.41. The second-order valence-corrected chi connectivity index (χ2v) is 9.83. The molecule has 1 aliphatic rings. The van der Waals surface area contributed by atoms with Crippen molar-refractivity contribution >= 4 is 47.0 Å². The van der Waals surface area contributed by atoms with Gasteiger partial charge in [-0.1, -0.05) is 11.6 Å². The van der Waals surface area contributed by atoms with Crippen LogP contribution in [-0.4, -0.2) is 66.4 Å². The zero-order chi connectivity index (χ0) is 29.6. The van der Waals surface area contributed by atoms with Crippen LogP contribution < -0.4 is 16.0 Å². The van der Waals surface area contributed by atoms with Crippen molar-refractivity contribution in [1.82, 2.24) is 35.5 Å². The Kier molecular flexibility index (Phi) is 8.55. The van der Waals surface area contributed by atoms with Crippen molar-refractivity contribution in [3.05, 3.63) is 71.4 Å². The lowest BCUT2D eigenvalue weighted by molar-refractivity contribution is -0.119. The highest BCUT2D eigenvalue weighted by Gasteiger charge is 2.23. The lowest BCUT2D eigenvalue weighted by Gasteiger charge is -2.19. The highest BCUT2D eigenvalue weighted by Crippen LogP contribution is 2.32. The lowest BCUT2D eigenvalue weighted by Crippen LogP contribution is -2.29. The van der Waals surface area contributed by atoms with E-state index in [1.165, 1.54) is 24.2 Å². The van der Waals surface area contributed by atoms with Crippen LogP contribution in [0.25, 0.3) is 23.0 Å². The van der Waals surface area contributed by atoms with Gasteiger partial charge in [-0.2, -0.15) is 4.68 Å². The van der Waals surface area contributed by atoms with E-state index in [0.717, 1.165) is 0 Å². The average molecular weight is 592 g/mol. The number of aliphatic hydroxyl groups excluding tert-OH is 1. The summed E-state index contributed by atoms with van der Waals surface area (Å²) in [5.74, 6) is -0.368. The van der Waals surface area contributed by atoms with Crippen LogP contribution in [0.1, 0.15) is 36.7 Å². The van der Waals surface area contributed by atoms with E-state index in [4.69, 9.17) is 11.6 Å². The van der Waals surface area contributed by atoms with Crippen LogP contribution in [-0.2, 0) is 14.3 Å². The molecule has 14 nitrogen and oxygen atoms in total. The number of nitrogens with one attached hydrogen (secondary N) is 4. The number of anilines is 2. The molecule has 0 saturated carbocycles. The Hall–Kier alpha value is -5.08. The van der Waals surface area contributed by atoms with Gasteiger partial charge in [-0.25, -0.2) is 9.78 Å². The third-order valence-electron chi connectivity index (χ3n) is 6.47. The molecule has 2 aromatic heterocycles. The number of hydrogen-bond donors (Lipinski definition) is 5. The number of aromatic amines is 1. The topological polar surface area (TPSA) is 189 Å². The molecule has 5 rings (SSSR count). The highest BCUT2D eigenvalue weighted by molar-refractivity contribution is 6.30. The van der Waals surface area contributed by atoms with Gasteiger partial charge >= 0.3 is 6.09 Å². The van der Waals surface area contributed by atoms with E-state index in [0.29, 0.717) is 51.2 Å². The molecule has 3 heterocycles. The second-order valence-electron chi connectivity index (χ2n) is 9.39. The van der Waals surface area contributed by atoms with Crippen LogP contribution >= 0.6 is 11.6 Å². The predicted molar refractivity (Wildman–Crippen MR) is 153 cm³/mol. The highest BCUT2D eigenvalue weighted by atomic mass is 35.5. The Morgan fingerprint density at radius 3 is 2.86 bits per heavy atom. The number of methoxy groups -OCH3 is 1. The van der Waals surface area contributed by atoms with Gasteiger partial charge < -0.3 is 25.5 Å². The molecule has 5 N–H and O–H groups in total. The van der Waals surface area contributed by atoms with Crippen molar-refractivity contribution in [2.75, 3.05) is 17.7 Å². The van der Waals surface area contributed by atoms with Crippen molar-refractivity contribution in [3.8, 4) is 16.9 Å². The first kappa shape index (κ1) is 28.4. The van der Waals surface area contributed by atoms with Crippen molar-refractivity contribution in [2.45, 2.75) is 31.4 Å². The number of tetrazole rings is 1. The summed E-state index contributed by atoms with van der Waals surface area (Å²) in [6.45, 7) is 0. The Morgan fingerprint density at radius 1 is 1.21 bits per heavy atom. The fourth-order valence-corrected chi connectivity index (χ4v) is 4.64. The number of carbonyl (C=O) groups excluding carboxylic acids is 3. The van der Waals surface area contributed by atoms with Crippen LogP contribution in [0.3, 0.4) is 0 Å². The van der Waals surface area contributed by atoms with Gasteiger partial charge in [0.25, 0.3) is 0 Å². The van der Waals surface area contributed by atoms with Gasteiger partial charge in [0.2, 0.25) is 11.8 Å². The van der Waals surface area contributed by atoms with Crippen molar-refractivity contribution in [2.24, 2.45) is 0 Å². The van der Waals surface area contributed by atoms with E-state index in [-0.39, 0.29) is 12.8 Å². The molecule has 3 amide bonds. The normalized spacial score (nSPS) is 17.0. The molecule has 0 aliphatic carbocycles. The van der Waals surface area contributed by atoms with Crippen molar-refractivity contribution < 1.29 is 24.2 Å². The van der Waals surface area contributed by atoms with E-state index in [2.05, 4.69) is 46.2 Å². The molecule has 42 heavy (non-hydrogen) atoms.